The Hall–Kier alpha value is -1.89. The maximum atomic E-state index is 12.7. The molecule has 1 amide bonds. The van der Waals surface area contributed by atoms with Gasteiger partial charge in [0.2, 0.25) is 5.91 Å². The molecule has 0 aromatic carbocycles. The molecular weight excluding hydrogens is 322 g/mol. The molecule has 2 aliphatic heterocycles. The smallest absolute Gasteiger partial charge is 0.225 e. The molecule has 4 rings (SSSR count). The van der Waals surface area contributed by atoms with E-state index in [9.17, 15) is 4.79 Å². The van der Waals surface area contributed by atoms with Gasteiger partial charge in [-0.25, -0.2) is 9.97 Å². The van der Waals surface area contributed by atoms with Crippen molar-refractivity contribution in [3.63, 3.8) is 0 Å². The van der Waals surface area contributed by atoms with E-state index >= 15 is 0 Å². The number of anilines is 1. The number of amides is 1. The van der Waals surface area contributed by atoms with Crippen molar-refractivity contribution in [2.45, 2.75) is 45.2 Å². The van der Waals surface area contributed by atoms with E-state index in [1.807, 2.05) is 18.5 Å². The van der Waals surface area contributed by atoms with Crippen molar-refractivity contribution >= 4 is 22.4 Å². The maximum absolute atomic E-state index is 12.7. The molecule has 0 aliphatic carbocycles. The van der Waals surface area contributed by atoms with Crippen molar-refractivity contribution in [3.05, 3.63) is 29.3 Å². The van der Waals surface area contributed by atoms with Crippen LogP contribution in [0.4, 0.5) is 5.13 Å². The molecule has 24 heavy (non-hydrogen) atoms. The van der Waals surface area contributed by atoms with Crippen LogP contribution in [-0.2, 0) is 17.8 Å². The number of nitrogens with one attached hydrogen (secondary N) is 1. The summed E-state index contributed by atoms with van der Waals surface area (Å²) in [5.41, 5.74) is 1.06. The molecule has 6 nitrogen and oxygen atoms in total. The van der Waals surface area contributed by atoms with Crippen molar-refractivity contribution in [2.24, 2.45) is 5.92 Å². The number of carbonyl (C=O) groups excluding carboxylic acids is 1. The molecule has 0 bridgehead atoms. The summed E-state index contributed by atoms with van der Waals surface area (Å²) < 4.78 is 2.19. The van der Waals surface area contributed by atoms with Crippen LogP contribution in [0, 0.1) is 12.8 Å². The Morgan fingerprint density at radius 3 is 3.12 bits per heavy atom. The van der Waals surface area contributed by atoms with E-state index in [0.717, 1.165) is 62.0 Å². The topological polar surface area (TPSA) is 63.1 Å². The Labute approximate surface area is 145 Å². The highest BCUT2D eigenvalue weighted by Crippen LogP contribution is 2.25. The Morgan fingerprint density at radius 2 is 2.29 bits per heavy atom. The van der Waals surface area contributed by atoms with Crippen molar-refractivity contribution in [3.8, 4) is 0 Å². The van der Waals surface area contributed by atoms with Crippen LogP contribution in [0.25, 0.3) is 0 Å². The van der Waals surface area contributed by atoms with Crippen molar-refractivity contribution in [2.75, 3.05) is 18.0 Å². The first kappa shape index (κ1) is 15.6. The van der Waals surface area contributed by atoms with Gasteiger partial charge in [0.1, 0.15) is 5.82 Å². The highest BCUT2D eigenvalue weighted by molar-refractivity contribution is 7.13. The van der Waals surface area contributed by atoms with Crippen molar-refractivity contribution in [1.82, 2.24) is 19.9 Å². The fourth-order valence-electron chi connectivity index (χ4n) is 3.76. The number of hydrogen-bond acceptors (Lipinski definition) is 5. The Balaban J connectivity index is 1.36. The van der Waals surface area contributed by atoms with Gasteiger partial charge in [-0.2, -0.15) is 0 Å². The number of nitrogens with zero attached hydrogens (tertiary/aromatic N) is 4. The van der Waals surface area contributed by atoms with Gasteiger partial charge in [-0.3, -0.25) is 4.79 Å². The van der Waals surface area contributed by atoms with Crippen LogP contribution in [-0.4, -0.2) is 39.6 Å². The summed E-state index contributed by atoms with van der Waals surface area (Å²) in [6.07, 6.45) is 7.84. The minimum absolute atomic E-state index is 0.0635. The molecule has 0 spiro atoms. The number of fused-ring (bicyclic) bond motifs is 1. The lowest BCUT2D eigenvalue weighted by Gasteiger charge is -2.33. The number of carbonyl (C=O) groups is 1. The summed E-state index contributed by atoms with van der Waals surface area (Å²) in [6.45, 7) is 4.64. The van der Waals surface area contributed by atoms with Gasteiger partial charge in [-0.05, 0) is 26.2 Å². The molecule has 2 aromatic heterocycles. The summed E-state index contributed by atoms with van der Waals surface area (Å²) in [6, 6.07) is 0.217. The van der Waals surface area contributed by atoms with E-state index in [2.05, 4.69) is 30.9 Å². The maximum Gasteiger partial charge on any atom is 0.225 e. The quantitative estimate of drug-likeness (QED) is 0.924. The minimum Gasteiger partial charge on any atom is -0.351 e. The third-order valence-corrected chi connectivity index (χ3v) is 5.77. The molecule has 1 N–H and O–H groups in total. The Bertz CT molecular complexity index is 711. The van der Waals surface area contributed by atoms with Gasteiger partial charge in [-0.1, -0.05) is 0 Å². The molecule has 4 heterocycles. The average molecular weight is 345 g/mol. The molecule has 128 valence electrons. The predicted octanol–water partition coefficient (Wildman–Crippen LogP) is 2.00. The van der Waals surface area contributed by atoms with E-state index in [0.29, 0.717) is 0 Å². The average Bonchev–Trinajstić information content (AvgIpc) is 3.23. The monoisotopic (exact) mass is 345 g/mol. The number of rotatable bonds is 3. The molecule has 1 saturated heterocycles. The van der Waals surface area contributed by atoms with Crippen LogP contribution in [0.15, 0.2) is 17.8 Å². The van der Waals surface area contributed by atoms with Crippen molar-refractivity contribution < 1.29 is 4.79 Å². The normalized spacial score (nSPS) is 23.8. The van der Waals surface area contributed by atoms with Gasteiger partial charge < -0.3 is 14.8 Å². The number of aromatic nitrogens is 3. The lowest BCUT2D eigenvalue weighted by Crippen LogP contribution is -2.48. The summed E-state index contributed by atoms with van der Waals surface area (Å²) in [5.74, 6) is 1.40. The lowest BCUT2D eigenvalue weighted by molar-refractivity contribution is -0.126. The predicted molar refractivity (Wildman–Crippen MR) is 94.3 cm³/mol. The van der Waals surface area contributed by atoms with Crippen LogP contribution in [0.3, 0.4) is 0 Å². The third-order valence-electron chi connectivity index (χ3n) is 4.94. The van der Waals surface area contributed by atoms with E-state index in [-0.39, 0.29) is 17.9 Å². The number of hydrogen-bond donors (Lipinski definition) is 1. The largest absolute Gasteiger partial charge is 0.351 e. The molecule has 1 fully saturated rings. The number of thiazole rings is 1. The highest BCUT2D eigenvalue weighted by Gasteiger charge is 2.29. The summed E-state index contributed by atoms with van der Waals surface area (Å²) >= 11 is 1.65. The second kappa shape index (κ2) is 6.55. The number of imidazole rings is 1. The van der Waals surface area contributed by atoms with Gasteiger partial charge in [0.15, 0.2) is 5.13 Å². The molecular formula is C17H23N5OS. The van der Waals surface area contributed by atoms with Gasteiger partial charge in [0, 0.05) is 49.9 Å². The van der Waals surface area contributed by atoms with Crippen LogP contribution >= 0.6 is 11.3 Å². The first-order valence-corrected chi connectivity index (χ1v) is 9.54. The van der Waals surface area contributed by atoms with Crippen LogP contribution in [0.1, 0.15) is 30.8 Å². The molecule has 0 radical (unpaired) electrons. The summed E-state index contributed by atoms with van der Waals surface area (Å²) in [4.78, 5) is 23.9. The van der Waals surface area contributed by atoms with E-state index in [1.165, 1.54) is 0 Å². The number of aryl methyl sites for hydroxylation is 2. The van der Waals surface area contributed by atoms with Crippen LogP contribution < -0.4 is 10.2 Å². The Kier molecular flexibility index (Phi) is 4.26. The fourth-order valence-corrected chi connectivity index (χ4v) is 4.44. The van der Waals surface area contributed by atoms with Gasteiger partial charge in [0.25, 0.3) is 0 Å². The molecule has 2 aliphatic rings. The zero-order valence-corrected chi connectivity index (χ0v) is 14.8. The van der Waals surface area contributed by atoms with Gasteiger partial charge in [0.05, 0.1) is 11.6 Å². The SMILES string of the molecule is Cc1cn2c(n1)CC[C@H](NC(=O)[C@@H]1CCCN(c3nccs3)C1)C2. The summed E-state index contributed by atoms with van der Waals surface area (Å²) in [7, 11) is 0. The van der Waals surface area contributed by atoms with Crippen molar-refractivity contribution in [1.29, 1.82) is 0 Å². The zero-order valence-electron chi connectivity index (χ0n) is 13.9. The molecule has 2 atom stereocenters. The van der Waals surface area contributed by atoms with Gasteiger partial charge >= 0.3 is 0 Å². The van der Waals surface area contributed by atoms with Crippen LogP contribution in [0.5, 0.6) is 0 Å². The third kappa shape index (κ3) is 3.17. The molecule has 7 heteroatoms. The second-order valence-corrected chi connectivity index (χ2v) is 7.67. The zero-order chi connectivity index (χ0) is 16.5. The fraction of sp³-hybridized carbons (Fsp3) is 0.588. The first-order chi connectivity index (χ1) is 11.7. The highest BCUT2D eigenvalue weighted by atomic mass is 32.1. The van der Waals surface area contributed by atoms with E-state index < -0.39 is 0 Å². The Morgan fingerprint density at radius 1 is 1.38 bits per heavy atom. The van der Waals surface area contributed by atoms with E-state index in [1.54, 1.807) is 11.3 Å². The standard InChI is InChI=1S/C17H23N5OS/c1-12-9-22-11-14(4-5-15(22)19-12)20-16(23)13-3-2-7-21(10-13)17-18-6-8-24-17/h6,8-9,13-14H,2-5,7,10-11H2,1H3,(H,20,23)/t13-,14+/m1/s1. The minimum atomic E-state index is 0.0635. The van der Waals surface area contributed by atoms with Gasteiger partial charge in [-0.15, -0.1) is 11.3 Å². The lowest BCUT2D eigenvalue weighted by atomic mass is 9.96. The van der Waals surface area contributed by atoms with E-state index in [4.69, 9.17) is 0 Å². The number of piperidine rings is 1. The first-order valence-electron chi connectivity index (χ1n) is 8.66. The molecule has 0 unspecified atom stereocenters. The second-order valence-electron chi connectivity index (χ2n) is 6.79. The molecule has 2 aromatic rings. The summed E-state index contributed by atoms with van der Waals surface area (Å²) in [5, 5.41) is 6.30. The van der Waals surface area contributed by atoms with Crippen LogP contribution in [0.2, 0.25) is 0 Å². The molecule has 0 saturated carbocycles.